The Hall–Kier alpha value is -2.95. The van der Waals surface area contributed by atoms with Crippen LogP contribution in [-0.4, -0.2) is 47.8 Å². The molecule has 0 radical (unpaired) electrons. The van der Waals surface area contributed by atoms with E-state index in [1.807, 2.05) is 37.4 Å². The van der Waals surface area contributed by atoms with E-state index in [9.17, 15) is 9.59 Å². The standard InChI is InChI=1S/C20H21N3O2/c1-16-4-6-17(7-5-16)19(24)8-9-20(25)23-13-11-22(12-14-23)18-3-2-10-21-15-18/h2-10,15H,11-14H2,1H3/b9-8+. The third kappa shape index (κ3) is 4.32. The molecule has 1 aliphatic rings. The monoisotopic (exact) mass is 335 g/mol. The van der Waals surface area contributed by atoms with Crippen LogP contribution in [0.5, 0.6) is 0 Å². The first-order valence-electron chi connectivity index (χ1n) is 8.36. The third-order valence-corrected chi connectivity index (χ3v) is 4.32. The number of pyridine rings is 1. The molecule has 0 aliphatic carbocycles. The number of rotatable bonds is 4. The summed E-state index contributed by atoms with van der Waals surface area (Å²) in [5.74, 6) is -0.270. The summed E-state index contributed by atoms with van der Waals surface area (Å²) in [6.45, 7) is 4.76. The lowest BCUT2D eigenvalue weighted by Crippen LogP contribution is -2.48. The van der Waals surface area contributed by atoms with Crippen LogP contribution in [0.1, 0.15) is 15.9 Å². The van der Waals surface area contributed by atoms with Crippen molar-refractivity contribution < 1.29 is 9.59 Å². The second-order valence-electron chi connectivity index (χ2n) is 6.09. The zero-order valence-electron chi connectivity index (χ0n) is 14.3. The van der Waals surface area contributed by atoms with E-state index in [2.05, 4.69) is 9.88 Å². The number of aromatic nitrogens is 1. The Morgan fingerprint density at radius 3 is 2.36 bits per heavy atom. The number of amides is 1. The third-order valence-electron chi connectivity index (χ3n) is 4.32. The summed E-state index contributed by atoms with van der Waals surface area (Å²) in [7, 11) is 0. The molecular formula is C20H21N3O2. The molecule has 1 saturated heterocycles. The van der Waals surface area contributed by atoms with Gasteiger partial charge in [0.05, 0.1) is 11.9 Å². The van der Waals surface area contributed by atoms with Crippen molar-refractivity contribution in [2.45, 2.75) is 6.92 Å². The van der Waals surface area contributed by atoms with Crippen molar-refractivity contribution in [3.8, 4) is 0 Å². The summed E-state index contributed by atoms with van der Waals surface area (Å²) in [5.41, 5.74) is 2.76. The predicted octanol–water partition coefficient (Wildman–Crippen LogP) is 2.48. The van der Waals surface area contributed by atoms with Crippen LogP contribution in [0.2, 0.25) is 0 Å². The first-order valence-corrected chi connectivity index (χ1v) is 8.36. The average molecular weight is 335 g/mol. The van der Waals surface area contributed by atoms with Crippen LogP contribution < -0.4 is 4.90 Å². The van der Waals surface area contributed by atoms with E-state index in [0.717, 1.165) is 24.3 Å². The van der Waals surface area contributed by atoms with Crippen LogP contribution in [0.25, 0.3) is 0 Å². The Labute approximate surface area is 147 Å². The van der Waals surface area contributed by atoms with Gasteiger partial charge in [0.25, 0.3) is 0 Å². The van der Waals surface area contributed by atoms with Crippen molar-refractivity contribution in [2.24, 2.45) is 0 Å². The second kappa shape index (κ2) is 7.75. The van der Waals surface area contributed by atoms with E-state index >= 15 is 0 Å². The first kappa shape index (κ1) is 16.9. The summed E-state index contributed by atoms with van der Waals surface area (Å²) < 4.78 is 0. The normalized spacial score (nSPS) is 14.8. The first-order chi connectivity index (χ1) is 12.1. The molecule has 5 nitrogen and oxygen atoms in total. The minimum Gasteiger partial charge on any atom is -0.367 e. The summed E-state index contributed by atoms with van der Waals surface area (Å²) in [6.07, 6.45) is 6.32. The number of hydrogen-bond acceptors (Lipinski definition) is 4. The van der Waals surface area contributed by atoms with Crippen LogP contribution in [-0.2, 0) is 4.79 Å². The highest BCUT2D eigenvalue weighted by molar-refractivity contribution is 6.07. The van der Waals surface area contributed by atoms with Gasteiger partial charge in [0.15, 0.2) is 5.78 Å². The molecule has 1 amide bonds. The molecule has 128 valence electrons. The number of benzene rings is 1. The lowest BCUT2D eigenvalue weighted by atomic mass is 10.1. The van der Waals surface area contributed by atoms with Crippen LogP contribution in [0.4, 0.5) is 5.69 Å². The summed E-state index contributed by atoms with van der Waals surface area (Å²) >= 11 is 0. The molecule has 5 heteroatoms. The van der Waals surface area contributed by atoms with Crippen molar-refractivity contribution in [3.05, 3.63) is 72.1 Å². The molecule has 1 fully saturated rings. The van der Waals surface area contributed by atoms with Gasteiger partial charge < -0.3 is 9.80 Å². The van der Waals surface area contributed by atoms with Crippen LogP contribution >= 0.6 is 0 Å². The number of ketones is 1. The van der Waals surface area contributed by atoms with Crippen molar-refractivity contribution >= 4 is 17.4 Å². The topological polar surface area (TPSA) is 53.5 Å². The maximum Gasteiger partial charge on any atom is 0.246 e. The summed E-state index contributed by atoms with van der Waals surface area (Å²) in [4.78, 5) is 32.5. The van der Waals surface area contributed by atoms with Crippen molar-refractivity contribution in [3.63, 3.8) is 0 Å². The maximum absolute atomic E-state index is 12.3. The molecule has 25 heavy (non-hydrogen) atoms. The van der Waals surface area contributed by atoms with Crippen molar-refractivity contribution in [1.82, 2.24) is 9.88 Å². The molecule has 2 aromatic rings. The Bertz CT molecular complexity index is 761. The van der Waals surface area contributed by atoms with E-state index in [0.29, 0.717) is 18.7 Å². The van der Waals surface area contributed by atoms with Crippen LogP contribution in [0.15, 0.2) is 60.9 Å². The lowest BCUT2D eigenvalue weighted by molar-refractivity contribution is -0.126. The fraction of sp³-hybridized carbons (Fsp3) is 0.250. The molecule has 0 bridgehead atoms. The van der Waals surface area contributed by atoms with E-state index in [1.54, 1.807) is 23.2 Å². The van der Waals surface area contributed by atoms with Gasteiger partial charge in [-0.3, -0.25) is 14.6 Å². The SMILES string of the molecule is Cc1ccc(C(=O)/C=C/C(=O)N2CCN(c3cccnc3)CC2)cc1. The number of carbonyl (C=O) groups excluding carboxylic acids is 2. The van der Waals surface area contributed by atoms with E-state index in [-0.39, 0.29) is 11.7 Å². The highest BCUT2D eigenvalue weighted by atomic mass is 16.2. The van der Waals surface area contributed by atoms with Crippen molar-refractivity contribution in [1.29, 1.82) is 0 Å². The van der Waals surface area contributed by atoms with Gasteiger partial charge >= 0.3 is 0 Å². The van der Waals surface area contributed by atoms with Gasteiger partial charge in [0.2, 0.25) is 5.91 Å². The van der Waals surface area contributed by atoms with Crippen molar-refractivity contribution in [2.75, 3.05) is 31.1 Å². The van der Waals surface area contributed by atoms with E-state index < -0.39 is 0 Å². The Morgan fingerprint density at radius 1 is 1.00 bits per heavy atom. The number of carbonyl (C=O) groups is 2. The summed E-state index contributed by atoms with van der Waals surface area (Å²) in [5, 5.41) is 0. The molecule has 0 spiro atoms. The summed E-state index contributed by atoms with van der Waals surface area (Å²) in [6, 6.07) is 11.3. The molecule has 1 aliphatic heterocycles. The number of hydrogen-bond donors (Lipinski definition) is 0. The van der Waals surface area contributed by atoms with Gasteiger partial charge in [-0.05, 0) is 25.1 Å². The van der Waals surface area contributed by atoms with Gasteiger partial charge in [-0.1, -0.05) is 29.8 Å². The molecule has 2 heterocycles. The smallest absolute Gasteiger partial charge is 0.246 e. The predicted molar refractivity (Wildman–Crippen MR) is 97.7 cm³/mol. The minimum absolute atomic E-state index is 0.119. The molecule has 0 N–H and O–H groups in total. The molecule has 0 atom stereocenters. The van der Waals surface area contributed by atoms with E-state index in [1.165, 1.54) is 12.2 Å². The molecule has 1 aromatic heterocycles. The Balaban J connectivity index is 1.54. The zero-order valence-corrected chi connectivity index (χ0v) is 14.3. The number of anilines is 1. The fourth-order valence-electron chi connectivity index (χ4n) is 2.79. The quantitative estimate of drug-likeness (QED) is 0.636. The second-order valence-corrected chi connectivity index (χ2v) is 6.09. The van der Waals surface area contributed by atoms with Crippen LogP contribution in [0.3, 0.4) is 0 Å². The molecule has 0 saturated carbocycles. The maximum atomic E-state index is 12.3. The van der Waals surface area contributed by atoms with Gasteiger partial charge in [-0.15, -0.1) is 0 Å². The molecular weight excluding hydrogens is 314 g/mol. The largest absolute Gasteiger partial charge is 0.367 e. The zero-order chi connectivity index (χ0) is 17.6. The fourth-order valence-corrected chi connectivity index (χ4v) is 2.79. The number of aryl methyl sites for hydroxylation is 1. The van der Waals surface area contributed by atoms with Gasteiger partial charge in [0.1, 0.15) is 0 Å². The number of allylic oxidation sites excluding steroid dienone is 1. The average Bonchev–Trinajstić information content (AvgIpc) is 2.67. The number of nitrogens with zero attached hydrogens (tertiary/aromatic N) is 3. The molecule has 3 rings (SSSR count). The van der Waals surface area contributed by atoms with Gasteiger partial charge in [-0.2, -0.15) is 0 Å². The molecule has 0 unspecified atom stereocenters. The highest BCUT2D eigenvalue weighted by Crippen LogP contribution is 2.14. The van der Waals surface area contributed by atoms with Gasteiger partial charge in [0, 0.05) is 44.0 Å². The highest BCUT2D eigenvalue weighted by Gasteiger charge is 2.20. The van der Waals surface area contributed by atoms with Crippen LogP contribution in [0, 0.1) is 6.92 Å². The Morgan fingerprint density at radius 2 is 1.72 bits per heavy atom. The Kier molecular flexibility index (Phi) is 5.23. The number of piperazine rings is 1. The van der Waals surface area contributed by atoms with E-state index in [4.69, 9.17) is 0 Å². The molecule has 1 aromatic carbocycles. The van der Waals surface area contributed by atoms with Gasteiger partial charge in [-0.25, -0.2) is 0 Å². The lowest BCUT2D eigenvalue weighted by Gasteiger charge is -2.35. The minimum atomic E-state index is -0.151.